The van der Waals surface area contributed by atoms with Crippen molar-refractivity contribution >= 4 is 23.3 Å². The van der Waals surface area contributed by atoms with E-state index in [1.54, 1.807) is 0 Å². The number of carbonyl (C=O) groups is 1. The van der Waals surface area contributed by atoms with Crippen LogP contribution in [0.2, 0.25) is 0 Å². The Labute approximate surface area is 126 Å². The molecule has 0 saturated heterocycles. The molecule has 1 aromatic heterocycles. The van der Waals surface area contributed by atoms with Crippen molar-refractivity contribution in [2.75, 3.05) is 0 Å². The minimum absolute atomic E-state index is 0.119. The molecule has 1 aromatic carbocycles. The van der Waals surface area contributed by atoms with E-state index in [2.05, 4.69) is 5.32 Å². The lowest BCUT2D eigenvalue weighted by atomic mass is 10.1. The van der Waals surface area contributed by atoms with Crippen molar-refractivity contribution in [1.29, 1.82) is 0 Å². The van der Waals surface area contributed by atoms with Crippen LogP contribution in [0, 0.1) is 10.1 Å². The summed E-state index contributed by atoms with van der Waals surface area (Å²) in [5, 5.41) is 13.5. The number of hydrogen-bond acceptors (Lipinski definition) is 3. The standard InChI is InChI=1S/C14H14ClN3O3/c1-17-12(6-7-13(17)18(20)21)14(19)16-9-11-4-2-10(8-15)3-5-11/h2-7H,8-9H2,1H3,(H,16,19). The third-order valence-electron chi connectivity index (χ3n) is 3.15. The monoisotopic (exact) mass is 307 g/mol. The highest BCUT2D eigenvalue weighted by atomic mass is 35.5. The second-order valence-corrected chi connectivity index (χ2v) is 4.79. The zero-order chi connectivity index (χ0) is 15.4. The zero-order valence-corrected chi connectivity index (χ0v) is 12.1. The number of carbonyl (C=O) groups excluding carboxylic acids is 1. The molecule has 21 heavy (non-hydrogen) atoms. The van der Waals surface area contributed by atoms with Crippen molar-refractivity contribution in [3.8, 4) is 0 Å². The molecule has 0 unspecified atom stereocenters. The average molecular weight is 308 g/mol. The van der Waals surface area contributed by atoms with Crippen LogP contribution in [-0.4, -0.2) is 15.4 Å². The Morgan fingerprint density at radius 2 is 1.86 bits per heavy atom. The molecule has 2 rings (SSSR count). The molecule has 0 bridgehead atoms. The fourth-order valence-electron chi connectivity index (χ4n) is 1.93. The number of nitrogens with one attached hydrogen (secondary N) is 1. The summed E-state index contributed by atoms with van der Waals surface area (Å²) in [4.78, 5) is 22.2. The lowest BCUT2D eigenvalue weighted by Gasteiger charge is -2.05. The fraction of sp³-hybridized carbons (Fsp3) is 0.214. The van der Waals surface area contributed by atoms with Gasteiger partial charge in [-0.05, 0) is 22.1 Å². The normalized spacial score (nSPS) is 10.4. The van der Waals surface area contributed by atoms with Crippen molar-refractivity contribution in [2.45, 2.75) is 12.4 Å². The Hall–Kier alpha value is -2.34. The van der Waals surface area contributed by atoms with Crippen LogP contribution in [0.3, 0.4) is 0 Å². The average Bonchev–Trinajstić information content (AvgIpc) is 2.87. The number of nitro groups is 1. The van der Waals surface area contributed by atoms with Crippen LogP contribution in [0.25, 0.3) is 0 Å². The quantitative estimate of drug-likeness (QED) is 0.524. The van der Waals surface area contributed by atoms with Gasteiger partial charge in [0.25, 0.3) is 5.91 Å². The summed E-state index contributed by atoms with van der Waals surface area (Å²) >= 11 is 5.70. The second kappa shape index (κ2) is 6.41. The highest BCUT2D eigenvalue weighted by Crippen LogP contribution is 2.15. The van der Waals surface area contributed by atoms with Crippen LogP contribution in [0.4, 0.5) is 5.82 Å². The van der Waals surface area contributed by atoms with Crippen molar-refractivity contribution in [3.63, 3.8) is 0 Å². The van der Waals surface area contributed by atoms with Crippen LogP contribution in [0.5, 0.6) is 0 Å². The maximum Gasteiger partial charge on any atom is 0.323 e. The third-order valence-corrected chi connectivity index (χ3v) is 3.45. The summed E-state index contributed by atoms with van der Waals surface area (Å²) in [6, 6.07) is 10.3. The first kappa shape index (κ1) is 15.1. The van der Waals surface area contributed by atoms with Gasteiger partial charge in [0.05, 0.1) is 7.05 Å². The lowest BCUT2D eigenvalue weighted by molar-refractivity contribution is -0.391. The van der Waals surface area contributed by atoms with Gasteiger partial charge < -0.3 is 15.4 Å². The van der Waals surface area contributed by atoms with E-state index in [1.165, 1.54) is 23.7 Å². The minimum atomic E-state index is -0.526. The molecule has 1 amide bonds. The molecule has 7 heteroatoms. The van der Waals surface area contributed by atoms with Gasteiger partial charge >= 0.3 is 5.82 Å². The Balaban J connectivity index is 2.03. The summed E-state index contributed by atoms with van der Waals surface area (Å²) < 4.78 is 1.26. The molecule has 110 valence electrons. The van der Waals surface area contributed by atoms with E-state index in [9.17, 15) is 14.9 Å². The molecule has 1 heterocycles. The van der Waals surface area contributed by atoms with Crippen LogP contribution in [0.1, 0.15) is 21.6 Å². The maximum atomic E-state index is 12.0. The van der Waals surface area contributed by atoms with Gasteiger partial charge in [-0.1, -0.05) is 24.3 Å². The topological polar surface area (TPSA) is 77.2 Å². The molecular formula is C14H14ClN3O3. The fourth-order valence-corrected chi connectivity index (χ4v) is 2.11. The molecule has 0 spiro atoms. The highest BCUT2D eigenvalue weighted by Gasteiger charge is 2.20. The molecule has 0 aliphatic rings. The number of alkyl halides is 1. The van der Waals surface area contributed by atoms with Crippen LogP contribution < -0.4 is 5.32 Å². The summed E-state index contributed by atoms with van der Waals surface area (Å²) in [5.41, 5.74) is 2.19. The van der Waals surface area contributed by atoms with Crippen molar-refractivity contribution in [3.05, 3.63) is 63.3 Å². The van der Waals surface area contributed by atoms with E-state index >= 15 is 0 Å². The van der Waals surface area contributed by atoms with Gasteiger partial charge in [0.2, 0.25) is 0 Å². The van der Waals surface area contributed by atoms with Crippen molar-refractivity contribution < 1.29 is 9.72 Å². The molecule has 1 N–H and O–H groups in total. The van der Waals surface area contributed by atoms with Gasteiger partial charge in [-0.3, -0.25) is 4.79 Å². The number of nitrogens with zero attached hydrogens (tertiary/aromatic N) is 2. The van der Waals surface area contributed by atoms with E-state index in [0.717, 1.165) is 11.1 Å². The number of halogens is 1. The summed E-state index contributed by atoms with van der Waals surface area (Å²) in [6.45, 7) is 0.348. The molecule has 2 aromatic rings. The molecule has 0 aliphatic carbocycles. The molecule has 0 fully saturated rings. The Morgan fingerprint density at radius 3 is 2.38 bits per heavy atom. The SMILES string of the molecule is Cn1c(C(=O)NCc2ccc(CCl)cc2)ccc1[N+](=O)[O-]. The zero-order valence-electron chi connectivity index (χ0n) is 11.4. The van der Waals surface area contributed by atoms with E-state index in [-0.39, 0.29) is 17.4 Å². The Bertz CT molecular complexity index is 665. The van der Waals surface area contributed by atoms with E-state index < -0.39 is 4.92 Å². The largest absolute Gasteiger partial charge is 0.358 e. The first-order valence-corrected chi connectivity index (χ1v) is 6.78. The number of amides is 1. The van der Waals surface area contributed by atoms with Crippen LogP contribution >= 0.6 is 11.6 Å². The van der Waals surface area contributed by atoms with Gasteiger partial charge in [-0.2, -0.15) is 0 Å². The highest BCUT2D eigenvalue weighted by molar-refractivity contribution is 6.17. The van der Waals surface area contributed by atoms with Gasteiger partial charge in [-0.15, -0.1) is 11.6 Å². The summed E-state index contributed by atoms with van der Waals surface area (Å²) in [6.07, 6.45) is 0. The second-order valence-electron chi connectivity index (χ2n) is 4.53. The van der Waals surface area contributed by atoms with E-state index in [4.69, 9.17) is 11.6 Å². The van der Waals surface area contributed by atoms with Crippen LogP contribution in [-0.2, 0) is 19.5 Å². The maximum absolute atomic E-state index is 12.0. The molecule has 0 radical (unpaired) electrons. The Morgan fingerprint density at radius 1 is 1.24 bits per heavy atom. The smallest absolute Gasteiger partial charge is 0.323 e. The molecule has 0 saturated carbocycles. The molecular weight excluding hydrogens is 294 g/mol. The summed E-state index contributed by atoms with van der Waals surface area (Å²) in [7, 11) is 1.49. The van der Waals surface area contributed by atoms with Gasteiger partial charge in [0, 0.05) is 18.5 Å². The van der Waals surface area contributed by atoms with E-state index in [1.807, 2.05) is 24.3 Å². The Kier molecular flexibility index (Phi) is 4.59. The lowest BCUT2D eigenvalue weighted by Crippen LogP contribution is -2.25. The number of rotatable bonds is 5. The number of aromatic nitrogens is 1. The van der Waals surface area contributed by atoms with Gasteiger partial charge in [0.15, 0.2) is 5.69 Å². The first-order valence-electron chi connectivity index (χ1n) is 6.25. The number of hydrogen-bond donors (Lipinski definition) is 1. The molecule has 0 aliphatic heterocycles. The first-order chi connectivity index (χ1) is 10.0. The van der Waals surface area contributed by atoms with Gasteiger partial charge in [-0.25, -0.2) is 4.57 Å². The minimum Gasteiger partial charge on any atom is -0.358 e. The van der Waals surface area contributed by atoms with Crippen molar-refractivity contribution in [2.24, 2.45) is 7.05 Å². The van der Waals surface area contributed by atoms with E-state index in [0.29, 0.717) is 12.4 Å². The molecule has 0 atom stereocenters. The predicted octanol–water partition coefficient (Wildman–Crippen LogP) is 2.60. The van der Waals surface area contributed by atoms with Gasteiger partial charge in [0.1, 0.15) is 0 Å². The van der Waals surface area contributed by atoms with Crippen LogP contribution in [0.15, 0.2) is 36.4 Å². The molecule has 6 nitrogen and oxygen atoms in total. The summed E-state index contributed by atoms with van der Waals surface area (Å²) in [5.74, 6) is -0.0294. The number of benzene rings is 1. The van der Waals surface area contributed by atoms with Crippen molar-refractivity contribution in [1.82, 2.24) is 9.88 Å². The third kappa shape index (κ3) is 3.41. The predicted molar refractivity (Wildman–Crippen MR) is 79.2 cm³/mol.